The molecule has 6 nitrogen and oxygen atoms in total. The van der Waals surface area contributed by atoms with Gasteiger partial charge in [-0.1, -0.05) is 18.2 Å². The summed E-state index contributed by atoms with van der Waals surface area (Å²) in [6.45, 7) is 1.38. The third-order valence-corrected chi connectivity index (χ3v) is 3.31. The lowest BCUT2D eigenvalue weighted by Gasteiger charge is -2.12. The Morgan fingerprint density at radius 2 is 1.86 bits per heavy atom. The fraction of sp³-hybridized carbons (Fsp3) is 0.375. The van der Waals surface area contributed by atoms with Gasteiger partial charge in [-0.25, -0.2) is 0 Å². The number of Topliss-reactive ketones (excluding diaryl/α,β-unsaturated/α-hetero) is 1. The van der Waals surface area contributed by atoms with Crippen LogP contribution in [0, 0.1) is 5.92 Å². The summed E-state index contributed by atoms with van der Waals surface area (Å²) in [6.07, 6.45) is 2.25. The van der Waals surface area contributed by atoms with Gasteiger partial charge < -0.3 is 21.6 Å². The highest BCUT2D eigenvalue weighted by Crippen LogP contribution is 2.12. The van der Waals surface area contributed by atoms with Gasteiger partial charge in [-0.2, -0.15) is 0 Å². The summed E-state index contributed by atoms with van der Waals surface area (Å²) in [5, 5.41) is 9.76. The number of H-pyrrole nitrogens is 1. The van der Waals surface area contributed by atoms with Gasteiger partial charge in [0.1, 0.15) is 5.78 Å². The van der Waals surface area contributed by atoms with E-state index < -0.39 is 18.1 Å². The number of hydrogen-bond acceptors (Lipinski definition) is 4. The number of rotatable bonds is 6. The van der Waals surface area contributed by atoms with Crippen LogP contribution >= 0.6 is 0 Å². The Balaban J connectivity index is 0.000000231. The quantitative estimate of drug-likeness (QED) is 0.607. The van der Waals surface area contributed by atoms with E-state index in [1.165, 1.54) is 17.8 Å². The molecule has 0 aliphatic carbocycles. The van der Waals surface area contributed by atoms with Crippen molar-refractivity contribution in [1.82, 2.24) is 4.98 Å². The molecule has 1 heterocycles. The number of carbonyl (C=O) groups is 2. The average Bonchev–Trinajstić information content (AvgIpc) is 2.91. The average molecular weight is 305 g/mol. The number of nitrogens with two attached hydrogens (primary N) is 2. The fourth-order valence-electron chi connectivity index (χ4n) is 2.05. The van der Waals surface area contributed by atoms with Gasteiger partial charge in [0.05, 0.1) is 12.6 Å². The van der Waals surface area contributed by atoms with Crippen molar-refractivity contribution in [2.45, 2.75) is 32.4 Å². The zero-order valence-corrected chi connectivity index (χ0v) is 12.7. The Morgan fingerprint density at radius 1 is 1.18 bits per heavy atom. The van der Waals surface area contributed by atoms with Gasteiger partial charge >= 0.3 is 5.97 Å². The number of ketones is 1. The maximum Gasteiger partial charge on any atom is 0.304 e. The number of carboxylic acid groups (broad SMARTS) is 1. The molecule has 0 radical (unpaired) electrons. The first-order valence-electron chi connectivity index (χ1n) is 7.15. The molecule has 1 aromatic heterocycles. The molecule has 22 heavy (non-hydrogen) atoms. The molecule has 0 spiro atoms. The van der Waals surface area contributed by atoms with E-state index >= 15 is 0 Å². The lowest BCUT2D eigenvalue weighted by Crippen LogP contribution is -2.31. The first-order valence-corrected chi connectivity index (χ1v) is 7.15. The summed E-state index contributed by atoms with van der Waals surface area (Å²) in [6, 6.07) is 10.3. The summed E-state index contributed by atoms with van der Waals surface area (Å²) in [4.78, 5) is 24.4. The second-order valence-corrected chi connectivity index (χ2v) is 5.21. The molecule has 0 fully saturated rings. The molecule has 2 aromatic rings. The number of aromatic nitrogens is 1. The maximum absolute atomic E-state index is 10.9. The van der Waals surface area contributed by atoms with E-state index in [9.17, 15) is 9.59 Å². The minimum atomic E-state index is -0.967. The van der Waals surface area contributed by atoms with E-state index in [1.807, 2.05) is 18.3 Å². The summed E-state index contributed by atoms with van der Waals surface area (Å²) < 4.78 is 0. The number of carbonyl (C=O) groups excluding carboxylic acids is 1. The van der Waals surface area contributed by atoms with Crippen LogP contribution in [0.1, 0.15) is 26.2 Å². The number of carboxylic acids is 1. The van der Waals surface area contributed by atoms with Crippen LogP contribution in [0.3, 0.4) is 0 Å². The number of benzene rings is 1. The molecule has 0 amide bonds. The van der Waals surface area contributed by atoms with Crippen LogP contribution in [0.5, 0.6) is 0 Å². The second kappa shape index (κ2) is 8.96. The zero-order valence-electron chi connectivity index (χ0n) is 12.7. The van der Waals surface area contributed by atoms with Crippen molar-refractivity contribution in [2.24, 2.45) is 17.4 Å². The van der Waals surface area contributed by atoms with Crippen molar-refractivity contribution >= 4 is 22.7 Å². The highest BCUT2D eigenvalue weighted by molar-refractivity contribution is 5.82. The van der Waals surface area contributed by atoms with Gasteiger partial charge in [0, 0.05) is 17.6 Å². The molecule has 0 aliphatic rings. The van der Waals surface area contributed by atoms with Crippen LogP contribution in [0.25, 0.3) is 10.9 Å². The lowest BCUT2D eigenvalue weighted by molar-refractivity contribution is -0.140. The molecular weight excluding hydrogens is 282 g/mol. The fourth-order valence-corrected chi connectivity index (χ4v) is 2.05. The summed E-state index contributed by atoms with van der Waals surface area (Å²) in [5.41, 5.74) is 11.8. The molecule has 1 aromatic carbocycles. The smallest absolute Gasteiger partial charge is 0.304 e. The normalized spacial score (nSPS) is 11.8. The largest absolute Gasteiger partial charge is 0.481 e. The number of aromatic amines is 1. The zero-order chi connectivity index (χ0) is 16.5. The van der Waals surface area contributed by atoms with Crippen LogP contribution in [0.15, 0.2) is 36.5 Å². The molecular formula is C16H23N3O3. The Bertz CT molecular complexity index is 577. The Morgan fingerprint density at radius 3 is 2.41 bits per heavy atom. The van der Waals surface area contributed by atoms with Crippen LogP contribution in [0.4, 0.5) is 0 Å². The Labute approximate surface area is 129 Å². The van der Waals surface area contributed by atoms with E-state index in [1.54, 1.807) is 0 Å². The monoisotopic (exact) mass is 305 g/mol. The molecule has 1 unspecified atom stereocenters. The van der Waals surface area contributed by atoms with Crippen molar-refractivity contribution < 1.29 is 14.7 Å². The van der Waals surface area contributed by atoms with E-state index in [4.69, 9.17) is 16.6 Å². The summed E-state index contributed by atoms with van der Waals surface area (Å²) in [7, 11) is 0. The predicted octanol–water partition coefficient (Wildman–Crippen LogP) is 1.86. The molecule has 0 bridgehead atoms. The van der Waals surface area contributed by atoms with Gasteiger partial charge in [-0.05, 0) is 37.3 Å². The topological polar surface area (TPSA) is 122 Å². The summed E-state index contributed by atoms with van der Waals surface area (Å²) >= 11 is 0. The van der Waals surface area contributed by atoms with Crippen molar-refractivity contribution in [3.05, 3.63) is 36.5 Å². The van der Waals surface area contributed by atoms with E-state index in [0.29, 0.717) is 12.8 Å². The SMILES string of the molecule is CC(=O)C(CCC(N)N)CC(=O)O.c1ccc2[nH]ccc2c1. The van der Waals surface area contributed by atoms with Gasteiger partial charge in [0.2, 0.25) is 0 Å². The molecule has 0 aliphatic heterocycles. The number of hydrogen-bond donors (Lipinski definition) is 4. The Hall–Kier alpha value is -2.18. The van der Waals surface area contributed by atoms with Gasteiger partial charge in [-0.3, -0.25) is 9.59 Å². The van der Waals surface area contributed by atoms with Gasteiger partial charge in [-0.15, -0.1) is 0 Å². The Kier molecular flexibility index (Phi) is 7.28. The van der Waals surface area contributed by atoms with Crippen molar-refractivity contribution in [2.75, 3.05) is 0 Å². The van der Waals surface area contributed by atoms with E-state index in [0.717, 1.165) is 0 Å². The third kappa shape index (κ3) is 6.51. The highest BCUT2D eigenvalue weighted by atomic mass is 16.4. The highest BCUT2D eigenvalue weighted by Gasteiger charge is 2.18. The lowest BCUT2D eigenvalue weighted by atomic mass is 9.95. The second-order valence-electron chi connectivity index (χ2n) is 5.21. The first kappa shape index (κ1) is 17.9. The minimum Gasteiger partial charge on any atom is -0.481 e. The molecule has 0 saturated carbocycles. The predicted molar refractivity (Wildman–Crippen MR) is 86.1 cm³/mol. The van der Waals surface area contributed by atoms with Crippen LogP contribution in [-0.4, -0.2) is 28.0 Å². The molecule has 120 valence electrons. The maximum atomic E-state index is 10.9. The van der Waals surface area contributed by atoms with Crippen molar-refractivity contribution in [3.63, 3.8) is 0 Å². The molecule has 2 rings (SSSR count). The van der Waals surface area contributed by atoms with Crippen LogP contribution in [0.2, 0.25) is 0 Å². The van der Waals surface area contributed by atoms with Crippen molar-refractivity contribution in [1.29, 1.82) is 0 Å². The molecule has 6 heteroatoms. The first-order chi connectivity index (χ1) is 10.4. The third-order valence-electron chi connectivity index (χ3n) is 3.31. The van der Waals surface area contributed by atoms with Crippen LogP contribution < -0.4 is 11.5 Å². The molecule has 0 saturated heterocycles. The van der Waals surface area contributed by atoms with E-state index in [2.05, 4.69) is 23.2 Å². The minimum absolute atomic E-state index is 0.122. The van der Waals surface area contributed by atoms with Gasteiger partial charge in [0.15, 0.2) is 0 Å². The number of nitrogens with one attached hydrogen (secondary N) is 1. The standard InChI is InChI=1S/C8H16N2O3.C8H7N/c1-5(11)6(4-8(12)13)2-3-7(9)10;1-2-4-8-7(3-1)5-6-9-8/h6-7H,2-4,9-10H2,1H3,(H,12,13);1-6,9H. The number of aliphatic carboxylic acids is 1. The summed E-state index contributed by atoms with van der Waals surface area (Å²) in [5.74, 6) is -1.54. The molecule has 1 atom stereocenters. The van der Waals surface area contributed by atoms with Gasteiger partial charge in [0.25, 0.3) is 0 Å². The number of fused-ring (bicyclic) bond motifs is 1. The van der Waals surface area contributed by atoms with E-state index in [-0.39, 0.29) is 12.2 Å². The number of para-hydroxylation sites is 1. The molecule has 6 N–H and O–H groups in total. The van der Waals surface area contributed by atoms with Crippen molar-refractivity contribution in [3.8, 4) is 0 Å². The van der Waals surface area contributed by atoms with Crippen LogP contribution in [-0.2, 0) is 9.59 Å².